The SMILES string of the molecule is NC(=O)C(=O)N1CCC[C@@]2(CCC(=O)N(CCc3ccccn3)C2)C1. The Kier molecular flexibility index (Phi) is 5.01. The molecule has 1 spiro atoms. The first-order chi connectivity index (χ1) is 12.0. The lowest BCUT2D eigenvalue weighted by molar-refractivity contribution is -0.149. The molecule has 1 aromatic rings. The molecular weight excluding hydrogens is 320 g/mol. The fourth-order valence-corrected chi connectivity index (χ4v) is 3.97. The number of aromatic nitrogens is 1. The quantitative estimate of drug-likeness (QED) is 0.800. The minimum absolute atomic E-state index is 0.124. The fraction of sp³-hybridized carbons (Fsp3) is 0.556. The Morgan fingerprint density at radius 3 is 2.80 bits per heavy atom. The van der Waals surface area contributed by atoms with Crippen LogP contribution in [-0.2, 0) is 20.8 Å². The Bertz CT molecular complexity index is 664. The predicted molar refractivity (Wildman–Crippen MR) is 91.2 cm³/mol. The summed E-state index contributed by atoms with van der Waals surface area (Å²) in [6, 6.07) is 5.77. The number of carbonyl (C=O) groups excluding carboxylic acids is 3. The molecule has 0 aromatic carbocycles. The number of carbonyl (C=O) groups is 3. The largest absolute Gasteiger partial charge is 0.361 e. The second kappa shape index (κ2) is 7.21. The number of rotatable bonds is 3. The second-order valence-electron chi connectivity index (χ2n) is 7.08. The zero-order valence-electron chi connectivity index (χ0n) is 14.3. The first-order valence-corrected chi connectivity index (χ1v) is 8.75. The summed E-state index contributed by atoms with van der Waals surface area (Å²) in [6.07, 6.45) is 5.51. The topological polar surface area (TPSA) is 96.6 Å². The van der Waals surface area contributed by atoms with Crippen LogP contribution >= 0.6 is 0 Å². The van der Waals surface area contributed by atoms with Crippen molar-refractivity contribution in [2.24, 2.45) is 11.1 Å². The van der Waals surface area contributed by atoms with E-state index in [-0.39, 0.29) is 11.3 Å². The van der Waals surface area contributed by atoms with E-state index in [4.69, 9.17) is 5.73 Å². The maximum atomic E-state index is 12.3. The number of piperidine rings is 2. The van der Waals surface area contributed by atoms with Crippen LogP contribution in [0.15, 0.2) is 24.4 Å². The van der Waals surface area contributed by atoms with Gasteiger partial charge in [0.1, 0.15) is 0 Å². The van der Waals surface area contributed by atoms with E-state index in [1.54, 1.807) is 11.1 Å². The van der Waals surface area contributed by atoms with Gasteiger partial charge in [0.15, 0.2) is 0 Å². The predicted octanol–water partition coefficient (Wildman–Crippen LogP) is 0.341. The van der Waals surface area contributed by atoms with E-state index in [9.17, 15) is 14.4 Å². The average molecular weight is 344 g/mol. The van der Waals surface area contributed by atoms with Crippen LogP contribution in [0.3, 0.4) is 0 Å². The van der Waals surface area contributed by atoms with E-state index in [0.717, 1.165) is 25.0 Å². The van der Waals surface area contributed by atoms with Crippen molar-refractivity contribution in [3.05, 3.63) is 30.1 Å². The van der Waals surface area contributed by atoms with Gasteiger partial charge in [-0.3, -0.25) is 19.4 Å². The number of nitrogens with two attached hydrogens (primary N) is 1. The van der Waals surface area contributed by atoms with E-state index < -0.39 is 11.8 Å². The number of pyridine rings is 1. The summed E-state index contributed by atoms with van der Waals surface area (Å²) in [5.41, 5.74) is 5.98. The molecule has 2 N–H and O–H groups in total. The zero-order valence-corrected chi connectivity index (χ0v) is 14.3. The van der Waals surface area contributed by atoms with E-state index in [1.165, 1.54) is 0 Å². The van der Waals surface area contributed by atoms with Crippen molar-refractivity contribution in [2.75, 3.05) is 26.2 Å². The lowest BCUT2D eigenvalue weighted by Gasteiger charge is -2.48. The molecule has 3 heterocycles. The number of hydrogen-bond acceptors (Lipinski definition) is 4. The standard InChI is InChI=1S/C18H24N4O3/c19-16(24)17(25)22-10-3-7-18(13-22)8-5-15(23)21(12-18)11-6-14-4-1-2-9-20-14/h1-2,4,9H,3,5-8,10-13H2,(H2,19,24)/t18-/m0/s1. The molecule has 0 unspecified atom stereocenters. The Morgan fingerprint density at radius 1 is 1.24 bits per heavy atom. The highest BCUT2D eigenvalue weighted by Gasteiger charge is 2.43. The van der Waals surface area contributed by atoms with E-state index in [1.807, 2.05) is 23.1 Å². The lowest BCUT2D eigenvalue weighted by atomic mass is 9.73. The summed E-state index contributed by atoms with van der Waals surface area (Å²) in [5, 5.41) is 0. The first kappa shape index (κ1) is 17.4. The highest BCUT2D eigenvalue weighted by molar-refractivity contribution is 6.34. The monoisotopic (exact) mass is 344 g/mol. The zero-order chi connectivity index (χ0) is 17.9. The molecule has 134 valence electrons. The van der Waals surface area contributed by atoms with Crippen LogP contribution in [0, 0.1) is 5.41 Å². The van der Waals surface area contributed by atoms with Gasteiger partial charge in [0.25, 0.3) is 0 Å². The molecule has 3 rings (SSSR count). The van der Waals surface area contributed by atoms with Gasteiger partial charge in [0.05, 0.1) is 0 Å². The molecule has 7 nitrogen and oxygen atoms in total. The van der Waals surface area contributed by atoms with Crippen LogP contribution in [0.2, 0.25) is 0 Å². The van der Waals surface area contributed by atoms with Crippen molar-refractivity contribution in [2.45, 2.75) is 32.1 Å². The molecule has 0 aliphatic carbocycles. The van der Waals surface area contributed by atoms with Crippen LogP contribution in [-0.4, -0.2) is 58.7 Å². The highest BCUT2D eigenvalue weighted by Crippen LogP contribution is 2.38. The molecule has 3 amide bonds. The molecular formula is C18H24N4O3. The molecule has 2 saturated heterocycles. The van der Waals surface area contributed by atoms with Crippen molar-refractivity contribution < 1.29 is 14.4 Å². The van der Waals surface area contributed by atoms with Gasteiger partial charge < -0.3 is 15.5 Å². The van der Waals surface area contributed by atoms with Crippen molar-refractivity contribution in [3.8, 4) is 0 Å². The van der Waals surface area contributed by atoms with E-state index in [2.05, 4.69) is 4.98 Å². The molecule has 0 radical (unpaired) electrons. The van der Waals surface area contributed by atoms with Crippen LogP contribution in [0.5, 0.6) is 0 Å². The summed E-state index contributed by atoms with van der Waals surface area (Å²) in [7, 11) is 0. The average Bonchev–Trinajstić information content (AvgIpc) is 2.63. The van der Waals surface area contributed by atoms with Gasteiger partial charge >= 0.3 is 11.8 Å². The fourth-order valence-electron chi connectivity index (χ4n) is 3.97. The third-order valence-corrected chi connectivity index (χ3v) is 5.27. The number of nitrogens with zero attached hydrogens (tertiary/aromatic N) is 3. The number of hydrogen-bond donors (Lipinski definition) is 1. The molecule has 0 bridgehead atoms. The minimum Gasteiger partial charge on any atom is -0.361 e. The molecule has 2 aliphatic heterocycles. The normalized spacial score (nSPS) is 23.8. The Labute approximate surface area is 147 Å². The van der Waals surface area contributed by atoms with Gasteiger partial charge in [-0.2, -0.15) is 0 Å². The molecule has 2 fully saturated rings. The molecule has 1 atom stereocenters. The Balaban J connectivity index is 1.65. The van der Waals surface area contributed by atoms with Gasteiger partial charge in [-0.1, -0.05) is 6.07 Å². The smallest absolute Gasteiger partial charge is 0.311 e. The van der Waals surface area contributed by atoms with E-state index in [0.29, 0.717) is 39.0 Å². The number of primary amides is 1. The summed E-state index contributed by atoms with van der Waals surface area (Å²) < 4.78 is 0. The summed E-state index contributed by atoms with van der Waals surface area (Å²) in [5.74, 6) is -1.37. The van der Waals surface area contributed by atoms with Crippen molar-refractivity contribution in [1.29, 1.82) is 0 Å². The third-order valence-electron chi connectivity index (χ3n) is 5.27. The van der Waals surface area contributed by atoms with Gasteiger partial charge in [-0.05, 0) is 31.4 Å². The molecule has 0 saturated carbocycles. The molecule has 7 heteroatoms. The van der Waals surface area contributed by atoms with Crippen LogP contribution in [0.1, 0.15) is 31.4 Å². The highest BCUT2D eigenvalue weighted by atomic mass is 16.2. The van der Waals surface area contributed by atoms with Crippen LogP contribution in [0.4, 0.5) is 0 Å². The lowest BCUT2D eigenvalue weighted by Crippen LogP contribution is -2.56. The molecule has 2 aliphatic rings. The third kappa shape index (κ3) is 3.97. The Morgan fingerprint density at radius 2 is 2.08 bits per heavy atom. The maximum absolute atomic E-state index is 12.3. The number of amides is 3. The summed E-state index contributed by atoms with van der Waals surface area (Å²) in [4.78, 5) is 43.2. The van der Waals surface area contributed by atoms with Crippen molar-refractivity contribution >= 4 is 17.7 Å². The Hall–Kier alpha value is -2.44. The molecule has 1 aromatic heterocycles. The van der Waals surface area contributed by atoms with Gasteiger partial charge in [-0.25, -0.2) is 0 Å². The van der Waals surface area contributed by atoms with Crippen molar-refractivity contribution in [3.63, 3.8) is 0 Å². The van der Waals surface area contributed by atoms with Gasteiger partial charge in [0.2, 0.25) is 5.91 Å². The van der Waals surface area contributed by atoms with Crippen LogP contribution < -0.4 is 5.73 Å². The minimum atomic E-state index is -0.907. The second-order valence-corrected chi connectivity index (χ2v) is 7.08. The summed E-state index contributed by atoms with van der Waals surface area (Å²) in [6.45, 7) is 2.32. The van der Waals surface area contributed by atoms with Crippen molar-refractivity contribution in [1.82, 2.24) is 14.8 Å². The maximum Gasteiger partial charge on any atom is 0.311 e. The summed E-state index contributed by atoms with van der Waals surface area (Å²) >= 11 is 0. The van der Waals surface area contributed by atoms with Crippen LogP contribution in [0.25, 0.3) is 0 Å². The van der Waals surface area contributed by atoms with Gasteiger partial charge in [0, 0.05) is 56.3 Å². The van der Waals surface area contributed by atoms with Gasteiger partial charge in [-0.15, -0.1) is 0 Å². The number of likely N-dealkylation sites (tertiary alicyclic amines) is 2. The first-order valence-electron chi connectivity index (χ1n) is 8.75. The molecule has 25 heavy (non-hydrogen) atoms. The van der Waals surface area contributed by atoms with E-state index >= 15 is 0 Å².